The third-order valence-corrected chi connectivity index (χ3v) is 3.81. The van der Waals surface area contributed by atoms with Crippen LogP contribution in [0.1, 0.15) is 42.1 Å². The smallest absolute Gasteiger partial charge is 0.261 e. The van der Waals surface area contributed by atoms with Gasteiger partial charge in [0.25, 0.3) is 5.91 Å². The highest BCUT2D eigenvalue weighted by molar-refractivity contribution is 5.80. The van der Waals surface area contributed by atoms with E-state index in [1.54, 1.807) is 6.21 Å². The normalized spacial score (nSPS) is 12.1. The van der Waals surface area contributed by atoms with Crippen LogP contribution in [-0.4, -0.2) is 18.7 Å². The maximum Gasteiger partial charge on any atom is 0.261 e. The first kappa shape index (κ1) is 17.7. The summed E-state index contributed by atoms with van der Waals surface area (Å²) >= 11 is 0. The molecule has 0 unspecified atom stereocenters. The van der Waals surface area contributed by atoms with Crippen molar-refractivity contribution in [3.63, 3.8) is 0 Å². The molecule has 4 nitrogen and oxygen atoms in total. The van der Waals surface area contributed by atoms with Crippen molar-refractivity contribution in [1.29, 1.82) is 0 Å². The lowest BCUT2D eigenvalue weighted by atomic mass is 10.1. The van der Waals surface area contributed by atoms with Crippen molar-refractivity contribution in [3.05, 3.63) is 70.8 Å². The van der Waals surface area contributed by atoms with E-state index in [-0.39, 0.29) is 18.6 Å². The van der Waals surface area contributed by atoms with Gasteiger partial charge in [-0.2, -0.15) is 0 Å². The average Bonchev–Trinajstić information content (AvgIpc) is 2.60. The quantitative estimate of drug-likeness (QED) is 0.622. The van der Waals surface area contributed by atoms with E-state index < -0.39 is 0 Å². The lowest BCUT2D eigenvalue weighted by molar-refractivity contribution is -0.126. The Hall–Kier alpha value is -2.62. The molecule has 0 saturated heterocycles. The van der Waals surface area contributed by atoms with Gasteiger partial charge < -0.3 is 10.2 Å². The molecule has 0 radical (unpaired) electrons. The second kappa shape index (κ2) is 8.87. The van der Waals surface area contributed by atoms with Gasteiger partial charge in [-0.15, -0.1) is 0 Å². The summed E-state index contributed by atoms with van der Waals surface area (Å²) in [5.41, 5.74) is 4.48. The third-order valence-electron chi connectivity index (χ3n) is 3.81. The first-order valence-corrected chi connectivity index (χ1v) is 8.18. The number of rotatable bonds is 7. The Morgan fingerprint density at radius 1 is 1.17 bits per heavy atom. The molecule has 0 saturated carbocycles. The zero-order valence-corrected chi connectivity index (χ0v) is 14.5. The third kappa shape index (κ3) is 5.54. The maximum atomic E-state index is 11.9. The fourth-order valence-corrected chi connectivity index (χ4v) is 2.26. The Morgan fingerprint density at radius 3 is 2.46 bits per heavy atom. The van der Waals surface area contributed by atoms with Crippen LogP contribution in [0.25, 0.3) is 0 Å². The predicted octanol–water partition coefficient (Wildman–Crippen LogP) is 3.79. The number of nitrogens with one attached hydrogen (secondary N) is 1. The molecule has 0 aromatic heterocycles. The molecule has 0 heterocycles. The zero-order chi connectivity index (χ0) is 17.4. The van der Waals surface area contributed by atoms with E-state index in [1.807, 2.05) is 50.2 Å². The molecule has 126 valence electrons. The molecule has 2 rings (SSSR count). The highest BCUT2D eigenvalue weighted by atomic mass is 16.6. The second-order valence-electron chi connectivity index (χ2n) is 5.80. The van der Waals surface area contributed by atoms with Gasteiger partial charge in [0.2, 0.25) is 0 Å². The number of amides is 1. The van der Waals surface area contributed by atoms with E-state index in [1.165, 1.54) is 11.1 Å². The van der Waals surface area contributed by atoms with Gasteiger partial charge in [-0.3, -0.25) is 4.79 Å². The van der Waals surface area contributed by atoms with Gasteiger partial charge in [0.15, 0.2) is 6.61 Å². The standard InChI is InChI=1S/C20H24N2O2/c1-4-17-9-11-19(12-10-17)16(3)22-20(23)14-24-21-13-18-7-5-15(2)6-8-18/h5-13,16H,4,14H2,1-3H3,(H,22,23)/b21-13-/t16-/m0/s1. The van der Waals surface area contributed by atoms with Gasteiger partial charge >= 0.3 is 0 Å². The van der Waals surface area contributed by atoms with Crippen LogP contribution in [0, 0.1) is 6.92 Å². The summed E-state index contributed by atoms with van der Waals surface area (Å²) in [5.74, 6) is -0.192. The summed E-state index contributed by atoms with van der Waals surface area (Å²) < 4.78 is 0. The highest BCUT2D eigenvalue weighted by Crippen LogP contribution is 2.13. The van der Waals surface area contributed by atoms with E-state index in [2.05, 4.69) is 29.5 Å². The highest BCUT2D eigenvalue weighted by Gasteiger charge is 2.09. The summed E-state index contributed by atoms with van der Waals surface area (Å²) in [4.78, 5) is 17.0. The van der Waals surface area contributed by atoms with E-state index in [9.17, 15) is 4.79 Å². The van der Waals surface area contributed by atoms with Crippen LogP contribution in [0.4, 0.5) is 0 Å². The molecule has 24 heavy (non-hydrogen) atoms. The minimum absolute atomic E-state index is 0.0620. The van der Waals surface area contributed by atoms with Crippen molar-refractivity contribution in [2.45, 2.75) is 33.2 Å². The largest absolute Gasteiger partial charge is 0.386 e. The van der Waals surface area contributed by atoms with Crippen LogP contribution in [0.15, 0.2) is 53.7 Å². The molecule has 0 aliphatic heterocycles. The van der Waals surface area contributed by atoms with E-state index in [0.29, 0.717) is 0 Å². The number of nitrogens with zero attached hydrogens (tertiary/aromatic N) is 1. The minimum Gasteiger partial charge on any atom is -0.386 e. The van der Waals surface area contributed by atoms with Gasteiger partial charge in [0.1, 0.15) is 0 Å². The van der Waals surface area contributed by atoms with Crippen molar-refractivity contribution in [1.82, 2.24) is 5.32 Å². The minimum atomic E-state index is -0.192. The second-order valence-corrected chi connectivity index (χ2v) is 5.80. The van der Waals surface area contributed by atoms with Crippen molar-refractivity contribution >= 4 is 12.1 Å². The Kier molecular flexibility index (Phi) is 6.55. The number of carbonyl (C=O) groups is 1. The van der Waals surface area contributed by atoms with E-state index >= 15 is 0 Å². The molecule has 0 spiro atoms. The van der Waals surface area contributed by atoms with Crippen LogP contribution in [0.3, 0.4) is 0 Å². The molecule has 0 bridgehead atoms. The molecule has 0 fully saturated rings. The van der Waals surface area contributed by atoms with Crippen LogP contribution in [-0.2, 0) is 16.1 Å². The first-order chi connectivity index (χ1) is 11.6. The van der Waals surface area contributed by atoms with Gasteiger partial charge in [0, 0.05) is 0 Å². The Bertz CT molecular complexity index is 676. The molecule has 0 aliphatic carbocycles. The average molecular weight is 324 g/mol. The summed E-state index contributed by atoms with van der Waals surface area (Å²) in [7, 11) is 0. The Balaban J connectivity index is 1.76. The van der Waals surface area contributed by atoms with Crippen molar-refractivity contribution in [3.8, 4) is 0 Å². The van der Waals surface area contributed by atoms with E-state index in [4.69, 9.17) is 4.84 Å². The van der Waals surface area contributed by atoms with Crippen molar-refractivity contribution in [2.24, 2.45) is 5.16 Å². The predicted molar refractivity (Wildman–Crippen MR) is 97.1 cm³/mol. The number of hydrogen-bond acceptors (Lipinski definition) is 3. The van der Waals surface area contributed by atoms with Gasteiger partial charge in [0.05, 0.1) is 12.3 Å². The summed E-state index contributed by atoms with van der Waals surface area (Å²) in [6.45, 7) is 6.00. The molecule has 4 heteroatoms. The molecule has 1 amide bonds. The van der Waals surface area contributed by atoms with Gasteiger partial charge in [-0.25, -0.2) is 0 Å². The Morgan fingerprint density at radius 2 is 1.83 bits per heavy atom. The van der Waals surface area contributed by atoms with Crippen LogP contribution in [0.5, 0.6) is 0 Å². The molecule has 0 aliphatic rings. The van der Waals surface area contributed by atoms with Crippen molar-refractivity contribution in [2.75, 3.05) is 6.61 Å². The van der Waals surface area contributed by atoms with Gasteiger partial charge in [-0.1, -0.05) is 66.2 Å². The number of hydrogen-bond donors (Lipinski definition) is 1. The monoisotopic (exact) mass is 324 g/mol. The maximum absolute atomic E-state index is 11.9. The van der Waals surface area contributed by atoms with Crippen molar-refractivity contribution < 1.29 is 9.63 Å². The number of carbonyl (C=O) groups excluding carboxylic acids is 1. The molecule has 2 aromatic rings. The first-order valence-electron chi connectivity index (χ1n) is 8.18. The molecule has 1 atom stereocenters. The topological polar surface area (TPSA) is 50.7 Å². The van der Waals surface area contributed by atoms with Crippen LogP contribution >= 0.6 is 0 Å². The fraction of sp³-hybridized carbons (Fsp3) is 0.300. The summed E-state index contributed by atoms with van der Waals surface area (Å²) in [5, 5.41) is 6.73. The fourth-order valence-electron chi connectivity index (χ4n) is 2.26. The zero-order valence-electron chi connectivity index (χ0n) is 14.5. The molecular formula is C20H24N2O2. The Labute approximate surface area is 143 Å². The number of benzene rings is 2. The van der Waals surface area contributed by atoms with Crippen LogP contribution < -0.4 is 5.32 Å². The van der Waals surface area contributed by atoms with E-state index in [0.717, 1.165) is 17.5 Å². The SMILES string of the molecule is CCc1ccc([C@H](C)NC(=O)CO/N=C\c2ccc(C)cc2)cc1. The number of aryl methyl sites for hydroxylation is 2. The van der Waals surface area contributed by atoms with Crippen LogP contribution in [0.2, 0.25) is 0 Å². The molecule has 2 aromatic carbocycles. The molecule has 1 N–H and O–H groups in total. The summed E-state index contributed by atoms with van der Waals surface area (Å²) in [6, 6.07) is 16.1. The van der Waals surface area contributed by atoms with Gasteiger partial charge in [-0.05, 0) is 37.0 Å². The lowest BCUT2D eigenvalue weighted by Gasteiger charge is -2.14. The summed E-state index contributed by atoms with van der Waals surface area (Å²) in [6.07, 6.45) is 2.60. The number of oxime groups is 1. The lowest BCUT2D eigenvalue weighted by Crippen LogP contribution is -2.29. The molecular weight excluding hydrogens is 300 g/mol.